The van der Waals surface area contributed by atoms with Crippen LogP contribution in [0.3, 0.4) is 0 Å². The van der Waals surface area contributed by atoms with Crippen molar-refractivity contribution >= 4 is 27.8 Å². The molecule has 0 aromatic heterocycles. The maximum Gasteiger partial charge on any atom is 0.326 e. The minimum Gasteiger partial charge on any atom is -0.480 e. The van der Waals surface area contributed by atoms with E-state index in [0.29, 0.717) is 5.56 Å². The van der Waals surface area contributed by atoms with E-state index < -0.39 is 12.0 Å². The molecule has 1 rings (SSSR count). The van der Waals surface area contributed by atoms with Crippen molar-refractivity contribution in [3.05, 3.63) is 33.8 Å². The maximum atomic E-state index is 11.9. The Bertz CT molecular complexity index is 471. The molecule has 0 radical (unpaired) electrons. The van der Waals surface area contributed by atoms with Crippen molar-refractivity contribution in [2.24, 2.45) is 5.92 Å². The molecule has 0 heterocycles. The van der Waals surface area contributed by atoms with Crippen LogP contribution in [0.1, 0.15) is 29.8 Å². The number of aryl methyl sites for hydroxylation is 1. The molecular formula is C13H16BrNO3. The lowest BCUT2D eigenvalue weighted by molar-refractivity contribution is -0.140. The third-order valence-corrected chi connectivity index (χ3v) is 3.51. The van der Waals surface area contributed by atoms with E-state index in [-0.39, 0.29) is 11.8 Å². The number of carboxylic acids is 1. The normalized spacial score (nSPS) is 12.3. The Hall–Kier alpha value is -1.36. The molecule has 4 nitrogen and oxygen atoms in total. The Kier molecular flexibility index (Phi) is 4.90. The molecule has 0 aliphatic heterocycles. The second-order valence-electron chi connectivity index (χ2n) is 4.50. The topological polar surface area (TPSA) is 66.4 Å². The predicted molar refractivity (Wildman–Crippen MR) is 72.6 cm³/mol. The van der Waals surface area contributed by atoms with Gasteiger partial charge in [0.25, 0.3) is 5.91 Å². The fraction of sp³-hybridized carbons (Fsp3) is 0.385. The molecule has 0 saturated heterocycles. The van der Waals surface area contributed by atoms with Gasteiger partial charge in [-0.1, -0.05) is 35.8 Å². The number of aliphatic carboxylic acids is 1. The third kappa shape index (κ3) is 3.57. The molecular weight excluding hydrogens is 298 g/mol. The quantitative estimate of drug-likeness (QED) is 0.898. The van der Waals surface area contributed by atoms with Gasteiger partial charge in [-0.25, -0.2) is 4.79 Å². The molecule has 1 aromatic rings. The molecule has 0 aliphatic rings. The highest BCUT2D eigenvalue weighted by molar-refractivity contribution is 9.10. The lowest BCUT2D eigenvalue weighted by Crippen LogP contribution is -2.44. The summed E-state index contributed by atoms with van der Waals surface area (Å²) in [5.74, 6) is -1.57. The first-order valence-electron chi connectivity index (χ1n) is 5.62. The molecule has 0 spiro atoms. The van der Waals surface area contributed by atoms with Crippen LogP contribution in [0.2, 0.25) is 0 Å². The van der Waals surface area contributed by atoms with Crippen LogP contribution in [0.15, 0.2) is 22.7 Å². The lowest BCUT2D eigenvalue weighted by Gasteiger charge is -2.18. The van der Waals surface area contributed by atoms with Gasteiger partial charge in [0, 0.05) is 10.0 Å². The number of carboxylic acid groups (broad SMARTS) is 1. The first-order valence-corrected chi connectivity index (χ1v) is 6.42. The average molecular weight is 314 g/mol. The summed E-state index contributed by atoms with van der Waals surface area (Å²) in [4.78, 5) is 22.9. The van der Waals surface area contributed by atoms with E-state index in [2.05, 4.69) is 21.2 Å². The fourth-order valence-electron chi connectivity index (χ4n) is 1.47. The molecule has 0 fully saturated rings. The van der Waals surface area contributed by atoms with Crippen LogP contribution in [-0.2, 0) is 4.79 Å². The van der Waals surface area contributed by atoms with Gasteiger partial charge < -0.3 is 10.4 Å². The van der Waals surface area contributed by atoms with Crippen molar-refractivity contribution in [3.8, 4) is 0 Å². The Morgan fingerprint density at radius 2 is 1.94 bits per heavy atom. The standard InChI is InChI=1S/C13H16BrNO3/c1-7(2)11(13(17)18)15-12(16)9-5-4-8(3)10(14)6-9/h4-7,11H,1-3H3,(H,15,16)(H,17,18)/t11-/m0/s1. The molecule has 0 unspecified atom stereocenters. The highest BCUT2D eigenvalue weighted by Gasteiger charge is 2.23. The van der Waals surface area contributed by atoms with Gasteiger partial charge in [-0.15, -0.1) is 0 Å². The van der Waals surface area contributed by atoms with Crippen molar-refractivity contribution in [1.82, 2.24) is 5.32 Å². The summed E-state index contributed by atoms with van der Waals surface area (Å²) >= 11 is 3.34. The molecule has 1 atom stereocenters. The molecule has 5 heteroatoms. The lowest BCUT2D eigenvalue weighted by atomic mass is 10.0. The number of hydrogen-bond acceptors (Lipinski definition) is 2. The van der Waals surface area contributed by atoms with Crippen LogP contribution < -0.4 is 5.32 Å². The maximum absolute atomic E-state index is 11.9. The van der Waals surface area contributed by atoms with Gasteiger partial charge in [-0.3, -0.25) is 4.79 Å². The minimum atomic E-state index is -1.02. The van der Waals surface area contributed by atoms with Crippen LogP contribution >= 0.6 is 15.9 Å². The molecule has 0 saturated carbocycles. The second kappa shape index (κ2) is 6.00. The van der Waals surface area contributed by atoms with Crippen molar-refractivity contribution in [2.45, 2.75) is 26.8 Å². The van der Waals surface area contributed by atoms with Gasteiger partial charge in [-0.05, 0) is 30.5 Å². The number of carbonyl (C=O) groups is 2. The first kappa shape index (κ1) is 14.7. The number of halogens is 1. The summed E-state index contributed by atoms with van der Waals surface area (Å²) in [6.45, 7) is 5.42. The monoisotopic (exact) mass is 313 g/mol. The summed E-state index contributed by atoms with van der Waals surface area (Å²) in [6.07, 6.45) is 0. The van der Waals surface area contributed by atoms with Crippen LogP contribution in [0.5, 0.6) is 0 Å². The van der Waals surface area contributed by atoms with Gasteiger partial charge >= 0.3 is 5.97 Å². The van der Waals surface area contributed by atoms with Crippen molar-refractivity contribution in [1.29, 1.82) is 0 Å². The molecule has 18 heavy (non-hydrogen) atoms. The fourth-order valence-corrected chi connectivity index (χ4v) is 1.85. The summed E-state index contributed by atoms with van der Waals surface area (Å²) < 4.78 is 0.826. The highest BCUT2D eigenvalue weighted by Crippen LogP contribution is 2.17. The van der Waals surface area contributed by atoms with Crippen molar-refractivity contribution < 1.29 is 14.7 Å². The number of benzene rings is 1. The summed E-state index contributed by atoms with van der Waals surface area (Å²) in [5.41, 5.74) is 1.46. The summed E-state index contributed by atoms with van der Waals surface area (Å²) in [6, 6.07) is 4.29. The minimum absolute atomic E-state index is 0.166. The second-order valence-corrected chi connectivity index (χ2v) is 5.35. The number of hydrogen-bond donors (Lipinski definition) is 2. The Morgan fingerprint density at radius 3 is 2.39 bits per heavy atom. The Morgan fingerprint density at radius 1 is 1.33 bits per heavy atom. The van der Waals surface area contributed by atoms with E-state index in [1.54, 1.807) is 26.0 Å². The van der Waals surface area contributed by atoms with Crippen molar-refractivity contribution in [2.75, 3.05) is 0 Å². The van der Waals surface area contributed by atoms with Gasteiger partial charge in [0.15, 0.2) is 0 Å². The van der Waals surface area contributed by atoms with Crippen LogP contribution in [0.25, 0.3) is 0 Å². The number of nitrogens with one attached hydrogen (secondary N) is 1. The van der Waals surface area contributed by atoms with E-state index in [9.17, 15) is 9.59 Å². The summed E-state index contributed by atoms with van der Waals surface area (Å²) in [7, 11) is 0. The number of rotatable bonds is 4. The van der Waals surface area contributed by atoms with E-state index in [1.165, 1.54) is 0 Å². The smallest absolute Gasteiger partial charge is 0.326 e. The van der Waals surface area contributed by atoms with E-state index in [4.69, 9.17) is 5.11 Å². The van der Waals surface area contributed by atoms with Gasteiger partial charge in [0.2, 0.25) is 0 Å². The van der Waals surface area contributed by atoms with Gasteiger partial charge in [0.05, 0.1) is 0 Å². The highest BCUT2D eigenvalue weighted by atomic mass is 79.9. The molecule has 1 amide bonds. The molecule has 0 bridgehead atoms. The zero-order valence-corrected chi connectivity index (χ0v) is 12.1. The van der Waals surface area contributed by atoms with Crippen LogP contribution in [-0.4, -0.2) is 23.0 Å². The average Bonchev–Trinajstić information content (AvgIpc) is 2.28. The molecule has 98 valence electrons. The van der Waals surface area contributed by atoms with Crippen LogP contribution in [0, 0.1) is 12.8 Å². The Labute approximate surface area is 115 Å². The molecule has 0 aliphatic carbocycles. The van der Waals surface area contributed by atoms with Crippen molar-refractivity contribution in [3.63, 3.8) is 0 Å². The van der Waals surface area contributed by atoms with Gasteiger partial charge in [-0.2, -0.15) is 0 Å². The SMILES string of the molecule is Cc1ccc(C(=O)N[C@H](C(=O)O)C(C)C)cc1Br. The number of carbonyl (C=O) groups excluding carboxylic acids is 1. The molecule has 2 N–H and O–H groups in total. The van der Waals surface area contributed by atoms with E-state index in [0.717, 1.165) is 10.0 Å². The third-order valence-electron chi connectivity index (χ3n) is 2.65. The van der Waals surface area contributed by atoms with Crippen LogP contribution in [0.4, 0.5) is 0 Å². The first-order chi connectivity index (χ1) is 8.32. The molecule has 1 aromatic carbocycles. The zero-order valence-electron chi connectivity index (χ0n) is 10.5. The zero-order chi connectivity index (χ0) is 13.9. The predicted octanol–water partition coefficient (Wildman–Crippen LogP) is 2.60. The number of amides is 1. The Balaban J connectivity index is 2.87. The largest absolute Gasteiger partial charge is 0.480 e. The summed E-state index contributed by atoms with van der Waals surface area (Å²) in [5, 5.41) is 11.5. The van der Waals surface area contributed by atoms with E-state index in [1.807, 2.05) is 13.0 Å². The van der Waals surface area contributed by atoms with E-state index >= 15 is 0 Å². The van der Waals surface area contributed by atoms with Gasteiger partial charge in [0.1, 0.15) is 6.04 Å².